The number of rotatable bonds is 11. The molecule has 1 saturated carbocycles. The maximum absolute atomic E-state index is 14.2. The number of fused-ring (bicyclic) bond motifs is 1. The van der Waals surface area contributed by atoms with Crippen molar-refractivity contribution in [2.24, 2.45) is 18.9 Å². The van der Waals surface area contributed by atoms with Crippen LogP contribution in [0.4, 0.5) is 4.79 Å². The van der Waals surface area contributed by atoms with Crippen LogP contribution >= 0.6 is 0 Å². The van der Waals surface area contributed by atoms with Gasteiger partial charge >= 0.3 is 6.09 Å². The molecule has 0 bridgehead atoms. The van der Waals surface area contributed by atoms with Gasteiger partial charge in [-0.3, -0.25) is 9.59 Å². The molecule has 47 heavy (non-hydrogen) atoms. The van der Waals surface area contributed by atoms with Crippen LogP contribution in [0.5, 0.6) is 5.88 Å². The zero-order chi connectivity index (χ0) is 32.6. The number of hydrogen-bond donors (Lipinski definition) is 4. The van der Waals surface area contributed by atoms with Crippen LogP contribution in [0, 0.1) is 11.8 Å². The van der Waals surface area contributed by atoms with Gasteiger partial charge in [0.25, 0.3) is 0 Å². The van der Waals surface area contributed by atoms with Gasteiger partial charge in [0.05, 0.1) is 5.52 Å². The van der Waals surface area contributed by atoms with Gasteiger partial charge in [0.15, 0.2) is 0 Å². The molecule has 252 valence electrons. The fourth-order valence-electron chi connectivity index (χ4n) is 7.66. The van der Waals surface area contributed by atoms with Crippen LogP contribution in [-0.4, -0.2) is 66.4 Å². The molecule has 2 aliphatic heterocycles. The lowest BCUT2D eigenvalue weighted by atomic mass is 9.82. The summed E-state index contributed by atoms with van der Waals surface area (Å²) in [7, 11) is 1.84. The molecule has 2 atom stereocenters. The Bertz CT molecular complexity index is 1510. The standard InChI is InChI=1S/C37H49N5O5/c1-42-32-12-6-5-11-29(32)25-33(42)47-36(45)41-37(17-7-8-18-37)35(44)40-31(24-26-9-3-2-4-10-26)34(43)39-30(28-13-19-38-20-14-28)23-27-15-21-46-22-16-27/h2-6,9-12,25,27-28,30-31,38H,7-8,13-24H2,1H3,(H,39,43)(H,40,44)(H,41,45)/t30-,31?/m1/s1. The second-order valence-electron chi connectivity index (χ2n) is 13.6. The fraction of sp³-hybridized carbons (Fsp3) is 0.541. The molecule has 4 N–H and O–H groups in total. The molecule has 10 heteroatoms. The number of ether oxygens (including phenoxy) is 2. The van der Waals surface area contributed by atoms with Gasteiger partial charge in [0, 0.05) is 44.2 Å². The van der Waals surface area contributed by atoms with Crippen molar-refractivity contribution in [3.05, 3.63) is 66.2 Å². The van der Waals surface area contributed by atoms with Gasteiger partial charge in [-0.05, 0) is 81.5 Å². The van der Waals surface area contributed by atoms with Crippen LogP contribution < -0.4 is 26.0 Å². The first-order chi connectivity index (χ1) is 22.9. The third kappa shape index (κ3) is 8.16. The minimum Gasteiger partial charge on any atom is -0.393 e. The maximum Gasteiger partial charge on any atom is 0.414 e. The van der Waals surface area contributed by atoms with E-state index >= 15 is 0 Å². The molecular weight excluding hydrogens is 594 g/mol. The predicted molar refractivity (Wildman–Crippen MR) is 181 cm³/mol. The summed E-state index contributed by atoms with van der Waals surface area (Å²) in [4.78, 5) is 41.7. The lowest BCUT2D eigenvalue weighted by molar-refractivity contribution is -0.133. The average Bonchev–Trinajstić information content (AvgIpc) is 3.70. The lowest BCUT2D eigenvalue weighted by Crippen LogP contribution is -2.62. The Morgan fingerprint density at radius 3 is 2.38 bits per heavy atom. The van der Waals surface area contributed by atoms with Gasteiger partial charge in [-0.2, -0.15) is 0 Å². The van der Waals surface area contributed by atoms with Gasteiger partial charge in [-0.1, -0.05) is 61.4 Å². The van der Waals surface area contributed by atoms with Crippen LogP contribution in [0.25, 0.3) is 10.9 Å². The van der Waals surface area contributed by atoms with Crippen LogP contribution in [0.2, 0.25) is 0 Å². The minimum absolute atomic E-state index is 0.0252. The van der Waals surface area contributed by atoms with Gasteiger partial charge in [0.1, 0.15) is 11.6 Å². The highest BCUT2D eigenvalue weighted by Gasteiger charge is 2.44. The summed E-state index contributed by atoms with van der Waals surface area (Å²) in [6, 6.07) is 18.6. The van der Waals surface area contributed by atoms with Crippen LogP contribution in [0.1, 0.15) is 63.4 Å². The van der Waals surface area contributed by atoms with Crippen molar-refractivity contribution in [3.63, 3.8) is 0 Å². The summed E-state index contributed by atoms with van der Waals surface area (Å²) in [5, 5.41) is 13.9. The molecule has 2 saturated heterocycles. The zero-order valence-corrected chi connectivity index (χ0v) is 27.5. The van der Waals surface area contributed by atoms with Crippen molar-refractivity contribution in [1.29, 1.82) is 0 Å². The molecule has 1 unspecified atom stereocenters. The number of benzene rings is 2. The molecule has 6 rings (SSSR count). The van der Waals surface area contributed by atoms with Crippen molar-refractivity contribution < 1.29 is 23.9 Å². The van der Waals surface area contributed by atoms with Gasteiger partial charge in [0.2, 0.25) is 17.7 Å². The van der Waals surface area contributed by atoms with Crippen LogP contribution in [0.15, 0.2) is 60.7 Å². The van der Waals surface area contributed by atoms with Crippen LogP contribution in [0.3, 0.4) is 0 Å². The molecule has 3 aromatic rings. The summed E-state index contributed by atoms with van der Waals surface area (Å²) in [6.07, 6.45) is 7.15. The third-order valence-electron chi connectivity index (χ3n) is 10.5. The highest BCUT2D eigenvalue weighted by atomic mass is 16.6. The van der Waals surface area contributed by atoms with Crippen LogP contribution in [-0.2, 0) is 27.8 Å². The number of amides is 3. The quantitative estimate of drug-likeness (QED) is 0.242. The van der Waals surface area contributed by atoms with E-state index in [1.807, 2.05) is 72.3 Å². The fourth-order valence-corrected chi connectivity index (χ4v) is 7.66. The van der Waals surface area contributed by atoms with E-state index in [-0.39, 0.29) is 17.9 Å². The lowest BCUT2D eigenvalue weighted by Gasteiger charge is -2.36. The van der Waals surface area contributed by atoms with Crippen molar-refractivity contribution in [2.75, 3.05) is 26.3 Å². The molecule has 0 radical (unpaired) electrons. The Balaban J connectivity index is 1.18. The Hall–Kier alpha value is -3.89. The first-order valence-corrected chi connectivity index (χ1v) is 17.4. The van der Waals surface area contributed by atoms with Crippen molar-refractivity contribution in [3.8, 4) is 5.88 Å². The molecule has 1 aliphatic carbocycles. The Morgan fingerprint density at radius 2 is 1.66 bits per heavy atom. The Kier molecular flexibility index (Phi) is 10.8. The van der Waals surface area contributed by atoms with Gasteiger partial charge in [-0.15, -0.1) is 0 Å². The molecular formula is C37H49N5O5. The largest absolute Gasteiger partial charge is 0.414 e. The van der Waals surface area contributed by atoms with Crippen molar-refractivity contribution in [1.82, 2.24) is 25.8 Å². The van der Waals surface area contributed by atoms with Crippen molar-refractivity contribution >= 4 is 28.8 Å². The number of aryl methyl sites for hydroxylation is 1. The maximum atomic E-state index is 14.2. The SMILES string of the molecule is Cn1c(OC(=O)NC2(C(=O)NC(Cc3ccccc3)C(=O)N[C@H](CC3CCOCC3)C3CCNCC3)CCCC2)cc2ccccc21. The number of piperidine rings is 1. The first kappa shape index (κ1) is 33.0. The molecule has 3 amide bonds. The summed E-state index contributed by atoms with van der Waals surface area (Å²) in [6.45, 7) is 3.42. The van der Waals surface area contributed by atoms with Gasteiger partial charge in [-0.25, -0.2) is 4.79 Å². The average molecular weight is 644 g/mol. The Morgan fingerprint density at radius 1 is 0.957 bits per heavy atom. The predicted octanol–water partition coefficient (Wildman–Crippen LogP) is 4.61. The highest BCUT2D eigenvalue weighted by molar-refractivity contribution is 5.95. The summed E-state index contributed by atoms with van der Waals surface area (Å²) >= 11 is 0. The molecule has 3 aliphatic rings. The Labute approximate surface area is 277 Å². The van der Waals surface area contributed by atoms with E-state index in [0.29, 0.717) is 37.0 Å². The number of carbonyl (C=O) groups excluding carboxylic acids is 3. The second-order valence-corrected chi connectivity index (χ2v) is 13.6. The molecule has 3 fully saturated rings. The zero-order valence-electron chi connectivity index (χ0n) is 27.5. The van der Waals surface area contributed by atoms with E-state index in [1.165, 1.54) is 0 Å². The van der Waals surface area contributed by atoms with E-state index < -0.39 is 17.7 Å². The number of aromatic nitrogens is 1. The second kappa shape index (κ2) is 15.3. The number of nitrogens with zero attached hydrogens (tertiary/aromatic N) is 1. The smallest absolute Gasteiger partial charge is 0.393 e. The normalized spacial score (nSPS) is 19.9. The van der Waals surface area contributed by atoms with Crippen molar-refractivity contribution in [2.45, 2.75) is 81.8 Å². The summed E-state index contributed by atoms with van der Waals surface area (Å²) in [5.41, 5.74) is 0.741. The number of carbonyl (C=O) groups is 3. The molecule has 10 nitrogen and oxygen atoms in total. The minimum atomic E-state index is -1.16. The topological polar surface area (TPSA) is 123 Å². The number of para-hydroxylation sites is 1. The molecule has 2 aromatic carbocycles. The first-order valence-electron chi connectivity index (χ1n) is 17.4. The van der Waals surface area contributed by atoms with Gasteiger partial charge < -0.3 is 35.3 Å². The van der Waals surface area contributed by atoms with E-state index in [2.05, 4.69) is 21.3 Å². The third-order valence-corrected chi connectivity index (χ3v) is 10.5. The van der Waals surface area contributed by atoms with E-state index in [0.717, 1.165) is 87.7 Å². The molecule has 1 aromatic heterocycles. The number of nitrogens with one attached hydrogen (secondary N) is 4. The summed E-state index contributed by atoms with van der Waals surface area (Å²) in [5.74, 6) is 0.756. The van der Waals surface area contributed by atoms with E-state index in [1.54, 1.807) is 0 Å². The molecule has 0 spiro atoms. The highest BCUT2D eigenvalue weighted by Crippen LogP contribution is 2.32. The van der Waals surface area contributed by atoms with E-state index in [9.17, 15) is 14.4 Å². The number of hydrogen-bond acceptors (Lipinski definition) is 6. The molecule has 3 heterocycles. The van der Waals surface area contributed by atoms with E-state index in [4.69, 9.17) is 9.47 Å². The summed E-state index contributed by atoms with van der Waals surface area (Å²) < 4.78 is 13.2. The monoisotopic (exact) mass is 643 g/mol.